The molecule has 0 saturated carbocycles. The SMILES string of the molecule is C/C=C\C=C(/C)CC(=O)NNC(N)[C@@H]1CCCCN1C. The number of rotatable bonds is 6. The first-order chi connectivity index (χ1) is 9.54. The smallest absolute Gasteiger partial charge is 0.238 e. The Labute approximate surface area is 122 Å². The molecule has 0 bridgehead atoms. The molecule has 5 nitrogen and oxygen atoms in total. The highest BCUT2D eigenvalue weighted by molar-refractivity contribution is 5.77. The molecule has 5 heteroatoms. The van der Waals surface area contributed by atoms with Gasteiger partial charge in [-0.25, -0.2) is 5.43 Å². The number of nitrogens with zero attached hydrogens (tertiary/aromatic N) is 1. The van der Waals surface area contributed by atoms with Gasteiger partial charge in [0.1, 0.15) is 0 Å². The van der Waals surface area contributed by atoms with Crippen molar-refractivity contribution in [2.45, 2.75) is 51.7 Å². The molecule has 0 aliphatic carbocycles. The Morgan fingerprint density at radius 3 is 2.90 bits per heavy atom. The van der Waals surface area contributed by atoms with E-state index in [0.717, 1.165) is 18.5 Å². The molecule has 1 aliphatic rings. The second-order valence-corrected chi connectivity index (χ2v) is 5.48. The van der Waals surface area contributed by atoms with Gasteiger partial charge in [-0.05, 0) is 40.3 Å². The highest BCUT2D eigenvalue weighted by Gasteiger charge is 2.24. The van der Waals surface area contributed by atoms with Gasteiger partial charge >= 0.3 is 0 Å². The van der Waals surface area contributed by atoms with E-state index < -0.39 is 0 Å². The molecule has 2 atom stereocenters. The van der Waals surface area contributed by atoms with Crippen LogP contribution in [-0.2, 0) is 4.79 Å². The lowest BCUT2D eigenvalue weighted by Crippen LogP contribution is -2.60. The minimum absolute atomic E-state index is 0.0582. The van der Waals surface area contributed by atoms with Gasteiger partial charge in [-0.1, -0.05) is 30.2 Å². The zero-order valence-corrected chi connectivity index (χ0v) is 12.9. The molecule has 1 rings (SSSR count). The number of nitrogens with one attached hydrogen (secondary N) is 2. The summed E-state index contributed by atoms with van der Waals surface area (Å²) < 4.78 is 0. The first-order valence-electron chi connectivity index (χ1n) is 7.33. The van der Waals surface area contributed by atoms with Crippen LogP contribution in [0.1, 0.15) is 39.5 Å². The van der Waals surface area contributed by atoms with E-state index in [9.17, 15) is 4.79 Å². The number of hydrogen-bond acceptors (Lipinski definition) is 4. The number of hydrogen-bond donors (Lipinski definition) is 3. The van der Waals surface area contributed by atoms with Crippen molar-refractivity contribution in [3.05, 3.63) is 23.8 Å². The van der Waals surface area contributed by atoms with Gasteiger partial charge in [-0.2, -0.15) is 0 Å². The molecule has 1 heterocycles. The molecule has 0 aromatic carbocycles. The summed E-state index contributed by atoms with van der Waals surface area (Å²) in [5.41, 5.74) is 12.8. The summed E-state index contributed by atoms with van der Waals surface area (Å²) in [5.74, 6) is -0.0582. The Morgan fingerprint density at radius 2 is 2.25 bits per heavy atom. The van der Waals surface area contributed by atoms with Crippen molar-refractivity contribution in [1.29, 1.82) is 0 Å². The Bertz CT molecular complexity index is 365. The van der Waals surface area contributed by atoms with Gasteiger partial charge in [0.05, 0.1) is 6.17 Å². The second kappa shape index (κ2) is 8.89. The van der Waals surface area contributed by atoms with E-state index in [1.807, 2.05) is 32.1 Å². The van der Waals surface area contributed by atoms with Crippen LogP contribution < -0.4 is 16.6 Å². The zero-order chi connectivity index (χ0) is 15.0. The molecule has 0 aromatic rings. The molecule has 0 radical (unpaired) electrons. The standard InChI is InChI=1S/C15H28N4O/c1-4-5-8-12(2)11-14(20)17-18-15(16)13-9-6-7-10-19(13)3/h4-5,8,13,15,18H,6-7,9-11,16H2,1-3H3,(H,17,20)/b5-4-,12-8+/t13-,15?/m0/s1. The summed E-state index contributed by atoms with van der Waals surface area (Å²) in [7, 11) is 2.08. The van der Waals surface area contributed by atoms with Crippen LogP contribution in [0.25, 0.3) is 0 Å². The van der Waals surface area contributed by atoms with Crippen LogP contribution in [0.15, 0.2) is 23.8 Å². The number of piperidine rings is 1. The van der Waals surface area contributed by atoms with Crippen molar-refractivity contribution in [1.82, 2.24) is 15.8 Å². The molecule has 1 aliphatic heterocycles. The molecule has 1 saturated heterocycles. The number of nitrogens with two attached hydrogens (primary N) is 1. The van der Waals surface area contributed by atoms with Crippen LogP contribution in [0, 0.1) is 0 Å². The van der Waals surface area contributed by atoms with Crippen LogP contribution in [0.2, 0.25) is 0 Å². The number of likely N-dealkylation sites (tertiary alicyclic amines) is 1. The summed E-state index contributed by atoms with van der Waals surface area (Å²) in [5, 5.41) is 0. The van der Waals surface area contributed by atoms with E-state index in [1.54, 1.807) is 0 Å². The zero-order valence-electron chi connectivity index (χ0n) is 12.9. The van der Waals surface area contributed by atoms with E-state index in [0.29, 0.717) is 6.42 Å². The van der Waals surface area contributed by atoms with Gasteiger partial charge in [0.15, 0.2) is 0 Å². The van der Waals surface area contributed by atoms with Crippen molar-refractivity contribution in [3.8, 4) is 0 Å². The third-order valence-electron chi connectivity index (χ3n) is 3.63. The lowest BCUT2D eigenvalue weighted by molar-refractivity contribution is -0.121. The highest BCUT2D eigenvalue weighted by Crippen LogP contribution is 2.15. The Balaban J connectivity index is 2.32. The van der Waals surface area contributed by atoms with Crippen LogP contribution in [-0.4, -0.2) is 36.6 Å². The summed E-state index contributed by atoms with van der Waals surface area (Å²) in [6.45, 7) is 4.96. The van der Waals surface area contributed by atoms with Crippen LogP contribution in [0.4, 0.5) is 0 Å². The molecule has 0 aromatic heterocycles. The second-order valence-electron chi connectivity index (χ2n) is 5.48. The minimum atomic E-state index is -0.232. The van der Waals surface area contributed by atoms with E-state index in [4.69, 9.17) is 5.73 Å². The molecule has 1 unspecified atom stereocenters. The van der Waals surface area contributed by atoms with E-state index in [2.05, 4.69) is 22.8 Å². The fourth-order valence-electron chi connectivity index (χ4n) is 2.43. The van der Waals surface area contributed by atoms with E-state index in [-0.39, 0.29) is 18.1 Å². The first kappa shape index (κ1) is 16.9. The molecular formula is C15H28N4O. The maximum absolute atomic E-state index is 11.8. The van der Waals surface area contributed by atoms with Crippen molar-refractivity contribution in [2.75, 3.05) is 13.6 Å². The Morgan fingerprint density at radius 1 is 1.50 bits per heavy atom. The number of hydrazine groups is 1. The third kappa shape index (κ3) is 5.86. The summed E-state index contributed by atoms with van der Waals surface area (Å²) in [4.78, 5) is 14.0. The maximum Gasteiger partial charge on any atom is 0.238 e. The predicted molar refractivity (Wildman–Crippen MR) is 82.7 cm³/mol. The summed E-state index contributed by atoms with van der Waals surface area (Å²) in [6.07, 6.45) is 9.45. The van der Waals surface area contributed by atoms with Crippen LogP contribution >= 0.6 is 0 Å². The molecule has 20 heavy (non-hydrogen) atoms. The van der Waals surface area contributed by atoms with Gasteiger partial charge in [-0.15, -0.1) is 0 Å². The number of likely N-dealkylation sites (N-methyl/N-ethyl adjacent to an activating group) is 1. The predicted octanol–water partition coefficient (Wildman–Crippen LogP) is 1.29. The minimum Gasteiger partial charge on any atom is -0.313 e. The van der Waals surface area contributed by atoms with Crippen molar-refractivity contribution >= 4 is 5.91 Å². The fourth-order valence-corrected chi connectivity index (χ4v) is 2.43. The molecule has 114 valence electrons. The monoisotopic (exact) mass is 280 g/mol. The fraction of sp³-hybridized carbons (Fsp3) is 0.667. The van der Waals surface area contributed by atoms with Gasteiger partial charge in [0, 0.05) is 12.5 Å². The normalized spacial score (nSPS) is 23.0. The molecule has 1 amide bonds. The van der Waals surface area contributed by atoms with Crippen LogP contribution in [0.5, 0.6) is 0 Å². The third-order valence-corrected chi connectivity index (χ3v) is 3.63. The largest absolute Gasteiger partial charge is 0.313 e. The van der Waals surface area contributed by atoms with Gasteiger partial charge in [-0.3, -0.25) is 10.2 Å². The lowest BCUT2D eigenvalue weighted by Gasteiger charge is -2.36. The highest BCUT2D eigenvalue weighted by atomic mass is 16.2. The number of allylic oxidation sites excluding steroid dienone is 3. The van der Waals surface area contributed by atoms with Crippen molar-refractivity contribution in [3.63, 3.8) is 0 Å². The molecule has 1 fully saturated rings. The average Bonchev–Trinajstić information content (AvgIpc) is 2.43. The number of amides is 1. The summed E-state index contributed by atoms with van der Waals surface area (Å²) in [6, 6.07) is 0.281. The van der Waals surface area contributed by atoms with E-state index >= 15 is 0 Å². The first-order valence-corrected chi connectivity index (χ1v) is 7.33. The van der Waals surface area contributed by atoms with Gasteiger partial charge < -0.3 is 10.6 Å². The van der Waals surface area contributed by atoms with Gasteiger partial charge in [0.25, 0.3) is 0 Å². The lowest BCUT2D eigenvalue weighted by atomic mass is 10.0. The van der Waals surface area contributed by atoms with E-state index in [1.165, 1.54) is 12.8 Å². The average molecular weight is 280 g/mol. The number of carbonyl (C=O) groups excluding carboxylic acids is 1. The number of carbonyl (C=O) groups is 1. The maximum atomic E-state index is 11.8. The van der Waals surface area contributed by atoms with Crippen molar-refractivity contribution in [2.24, 2.45) is 5.73 Å². The molecular weight excluding hydrogens is 252 g/mol. The van der Waals surface area contributed by atoms with Crippen molar-refractivity contribution < 1.29 is 4.79 Å². The Hall–Kier alpha value is -1.17. The Kier molecular flexibility index (Phi) is 7.51. The summed E-state index contributed by atoms with van der Waals surface area (Å²) >= 11 is 0. The quantitative estimate of drug-likeness (QED) is 0.389. The topological polar surface area (TPSA) is 70.4 Å². The van der Waals surface area contributed by atoms with Crippen LogP contribution in [0.3, 0.4) is 0 Å². The molecule has 0 spiro atoms. The van der Waals surface area contributed by atoms with Gasteiger partial charge in [0.2, 0.25) is 5.91 Å². The molecule has 4 N–H and O–H groups in total.